The quantitative estimate of drug-likeness (QED) is 0.710. The molecule has 0 radical (unpaired) electrons. The van der Waals surface area contributed by atoms with Gasteiger partial charge in [-0.25, -0.2) is 15.0 Å². The van der Waals surface area contributed by atoms with Crippen LogP contribution in [0.4, 0.5) is 5.95 Å². The maximum absolute atomic E-state index is 9.02. The monoisotopic (exact) mass is 249 g/mol. The Kier molecular flexibility index (Phi) is 3.96. The summed E-state index contributed by atoms with van der Waals surface area (Å²) in [5.41, 5.74) is 1.37. The van der Waals surface area contributed by atoms with Crippen LogP contribution in [0.1, 0.15) is 6.42 Å². The number of aliphatic imine (C=N–C) groups is 1. The molecule has 0 aliphatic carbocycles. The number of hydrogen-bond acceptors (Lipinski definition) is 6. The van der Waals surface area contributed by atoms with Crippen LogP contribution in [0.25, 0.3) is 11.2 Å². The second kappa shape index (κ2) is 5.65. The molecule has 0 saturated carbocycles. The lowest BCUT2D eigenvalue weighted by molar-refractivity contribution is 0.140. The smallest absolute Gasteiger partial charge is 0.250 e. The number of aryl methyl sites for hydroxylation is 1. The number of nitrogens with zero attached hydrogens (tertiary/aromatic N) is 5. The van der Waals surface area contributed by atoms with Crippen LogP contribution in [0, 0.1) is 5.92 Å². The van der Waals surface area contributed by atoms with Gasteiger partial charge in [-0.15, -0.1) is 0 Å². The molecule has 0 saturated heterocycles. The van der Waals surface area contributed by atoms with Crippen LogP contribution in [0.15, 0.2) is 17.5 Å². The predicted octanol–water partition coefficient (Wildman–Crippen LogP) is 0.149. The summed E-state index contributed by atoms with van der Waals surface area (Å²) < 4.78 is 1.85. The van der Waals surface area contributed by atoms with E-state index in [0.29, 0.717) is 30.1 Å². The van der Waals surface area contributed by atoms with Crippen LogP contribution < -0.4 is 0 Å². The number of rotatable bonds is 6. The number of aromatic nitrogens is 4. The molecule has 0 aromatic carbocycles. The van der Waals surface area contributed by atoms with E-state index in [-0.39, 0.29) is 19.1 Å². The highest BCUT2D eigenvalue weighted by molar-refractivity contribution is 5.70. The van der Waals surface area contributed by atoms with Crippen LogP contribution in [-0.4, -0.2) is 49.7 Å². The van der Waals surface area contributed by atoms with Gasteiger partial charge in [-0.1, -0.05) is 0 Å². The van der Waals surface area contributed by atoms with Crippen LogP contribution >= 0.6 is 0 Å². The molecule has 0 fully saturated rings. The molecular formula is C11H15N5O2. The first-order valence-electron chi connectivity index (χ1n) is 5.64. The number of hydrogen-bond donors (Lipinski definition) is 2. The standard InChI is InChI=1S/C11H15N5O2/c1-12-11-13-4-9-10(15-11)16(7-14-9)3-2-8(5-17)6-18/h4,7-8,17-18H,1-3,5-6H2. The van der Waals surface area contributed by atoms with Gasteiger partial charge in [0.1, 0.15) is 5.52 Å². The van der Waals surface area contributed by atoms with Crippen molar-refractivity contribution in [1.82, 2.24) is 19.5 Å². The molecule has 7 nitrogen and oxygen atoms in total. The molecule has 0 aliphatic rings. The Morgan fingerprint density at radius 2 is 2.11 bits per heavy atom. The van der Waals surface area contributed by atoms with Crippen LogP contribution in [0.3, 0.4) is 0 Å². The van der Waals surface area contributed by atoms with Gasteiger partial charge in [0.2, 0.25) is 0 Å². The maximum atomic E-state index is 9.02. The summed E-state index contributed by atoms with van der Waals surface area (Å²) in [7, 11) is 0. The number of aliphatic hydroxyl groups excluding tert-OH is 2. The summed E-state index contributed by atoms with van der Waals surface area (Å²) >= 11 is 0. The highest BCUT2D eigenvalue weighted by Crippen LogP contribution is 2.14. The van der Waals surface area contributed by atoms with Crippen LogP contribution in [-0.2, 0) is 6.54 Å². The van der Waals surface area contributed by atoms with Crippen molar-refractivity contribution in [3.8, 4) is 0 Å². The lowest BCUT2D eigenvalue weighted by atomic mass is 10.1. The number of aliphatic hydroxyl groups is 2. The van der Waals surface area contributed by atoms with Gasteiger partial charge in [0.15, 0.2) is 5.65 Å². The average Bonchev–Trinajstić information content (AvgIpc) is 2.82. The van der Waals surface area contributed by atoms with Gasteiger partial charge in [-0.3, -0.25) is 0 Å². The molecule has 0 amide bonds. The average molecular weight is 249 g/mol. The van der Waals surface area contributed by atoms with E-state index in [4.69, 9.17) is 10.2 Å². The molecule has 2 heterocycles. The van der Waals surface area contributed by atoms with Crippen molar-refractivity contribution in [2.75, 3.05) is 13.2 Å². The third kappa shape index (κ3) is 2.52. The van der Waals surface area contributed by atoms with Gasteiger partial charge in [0, 0.05) is 25.7 Å². The first kappa shape index (κ1) is 12.6. The Labute approximate surface area is 104 Å². The fraction of sp³-hybridized carbons (Fsp3) is 0.455. The number of fused-ring (bicyclic) bond motifs is 1. The molecule has 0 unspecified atom stereocenters. The second-order valence-electron chi connectivity index (χ2n) is 3.99. The zero-order chi connectivity index (χ0) is 13.0. The van der Waals surface area contributed by atoms with E-state index in [2.05, 4.69) is 26.7 Å². The minimum atomic E-state index is -0.124. The van der Waals surface area contributed by atoms with Crippen molar-refractivity contribution in [3.63, 3.8) is 0 Å². The van der Waals surface area contributed by atoms with Crippen molar-refractivity contribution in [2.24, 2.45) is 10.9 Å². The fourth-order valence-corrected chi connectivity index (χ4v) is 1.65. The SMILES string of the molecule is C=Nc1ncc2ncn(CCC(CO)CO)c2n1. The highest BCUT2D eigenvalue weighted by Gasteiger charge is 2.09. The predicted molar refractivity (Wildman–Crippen MR) is 66.8 cm³/mol. The molecule has 0 aliphatic heterocycles. The van der Waals surface area contributed by atoms with E-state index in [1.54, 1.807) is 12.5 Å². The lowest BCUT2D eigenvalue weighted by Crippen LogP contribution is -2.14. The third-order valence-electron chi connectivity index (χ3n) is 2.78. The minimum absolute atomic E-state index is 0.0302. The molecule has 96 valence electrons. The minimum Gasteiger partial charge on any atom is -0.396 e. The van der Waals surface area contributed by atoms with Gasteiger partial charge in [0.25, 0.3) is 5.95 Å². The zero-order valence-corrected chi connectivity index (χ0v) is 9.90. The van der Waals surface area contributed by atoms with Crippen molar-refractivity contribution in [2.45, 2.75) is 13.0 Å². The van der Waals surface area contributed by atoms with Crippen LogP contribution in [0.2, 0.25) is 0 Å². The van der Waals surface area contributed by atoms with Gasteiger partial charge < -0.3 is 14.8 Å². The molecule has 2 aromatic rings. The van der Waals surface area contributed by atoms with E-state index in [1.165, 1.54) is 0 Å². The van der Waals surface area contributed by atoms with Crippen molar-refractivity contribution < 1.29 is 10.2 Å². The molecule has 0 spiro atoms. The first-order valence-corrected chi connectivity index (χ1v) is 5.64. The van der Waals surface area contributed by atoms with Crippen molar-refractivity contribution in [1.29, 1.82) is 0 Å². The van der Waals surface area contributed by atoms with Gasteiger partial charge in [-0.05, 0) is 13.1 Å². The topological polar surface area (TPSA) is 96.4 Å². The largest absolute Gasteiger partial charge is 0.396 e. The Bertz CT molecular complexity index is 535. The molecular weight excluding hydrogens is 234 g/mol. The maximum Gasteiger partial charge on any atom is 0.250 e. The molecule has 2 aromatic heterocycles. The van der Waals surface area contributed by atoms with Gasteiger partial charge in [0.05, 0.1) is 12.5 Å². The van der Waals surface area contributed by atoms with Crippen LogP contribution in [0.5, 0.6) is 0 Å². The van der Waals surface area contributed by atoms with Gasteiger partial charge >= 0.3 is 0 Å². The zero-order valence-electron chi connectivity index (χ0n) is 9.90. The Morgan fingerprint density at radius 1 is 1.33 bits per heavy atom. The van der Waals surface area contributed by atoms with E-state index < -0.39 is 0 Å². The lowest BCUT2D eigenvalue weighted by Gasteiger charge is -2.10. The summed E-state index contributed by atoms with van der Waals surface area (Å²) in [4.78, 5) is 16.0. The van der Waals surface area contributed by atoms with Gasteiger partial charge in [-0.2, -0.15) is 4.98 Å². The summed E-state index contributed by atoms with van der Waals surface area (Å²) in [6, 6.07) is 0. The second-order valence-corrected chi connectivity index (χ2v) is 3.99. The molecule has 2 rings (SSSR count). The fourth-order valence-electron chi connectivity index (χ4n) is 1.65. The summed E-state index contributed by atoms with van der Waals surface area (Å²) in [5, 5.41) is 18.0. The van der Waals surface area contributed by atoms with E-state index >= 15 is 0 Å². The molecule has 18 heavy (non-hydrogen) atoms. The van der Waals surface area contributed by atoms with E-state index in [9.17, 15) is 0 Å². The Balaban J connectivity index is 2.20. The molecule has 0 bridgehead atoms. The summed E-state index contributed by atoms with van der Waals surface area (Å²) in [6.07, 6.45) is 3.91. The first-order chi connectivity index (χ1) is 8.78. The van der Waals surface area contributed by atoms with E-state index in [0.717, 1.165) is 0 Å². The third-order valence-corrected chi connectivity index (χ3v) is 2.78. The van der Waals surface area contributed by atoms with E-state index in [1.807, 2.05) is 4.57 Å². The normalized spacial score (nSPS) is 11.3. The molecule has 0 atom stereocenters. The Hall–Kier alpha value is -1.86. The van der Waals surface area contributed by atoms with Crippen molar-refractivity contribution in [3.05, 3.63) is 12.5 Å². The Morgan fingerprint density at radius 3 is 2.78 bits per heavy atom. The molecule has 7 heteroatoms. The van der Waals surface area contributed by atoms with Crippen molar-refractivity contribution >= 4 is 23.8 Å². The summed E-state index contributed by atoms with van der Waals surface area (Å²) in [6.45, 7) is 3.94. The summed E-state index contributed by atoms with van der Waals surface area (Å²) in [5.74, 6) is 0.186. The highest BCUT2D eigenvalue weighted by atomic mass is 16.3. The molecule has 2 N–H and O–H groups in total. The number of imidazole rings is 1.